The second-order valence-electron chi connectivity index (χ2n) is 5.61. The Bertz CT molecular complexity index is 875. The molecule has 25 heavy (non-hydrogen) atoms. The van der Waals surface area contributed by atoms with Crippen molar-refractivity contribution in [3.63, 3.8) is 0 Å². The molecule has 0 aliphatic heterocycles. The van der Waals surface area contributed by atoms with Crippen LogP contribution >= 0.6 is 12.2 Å². The molecule has 0 bridgehead atoms. The maximum Gasteiger partial charge on any atom is 0.175 e. The van der Waals surface area contributed by atoms with Crippen molar-refractivity contribution in [1.82, 2.24) is 9.78 Å². The van der Waals surface area contributed by atoms with Crippen LogP contribution in [0.2, 0.25) is 0 Å². The smallest absolute Gasteiger partial charge is 0.175 e. The average molecular weight is 354 g/mol. The van der Waals surface area contributed by atoms with Gasteiger partial charge in [0.2, 0.25) is 0 Å². The van der Waals surface area contributed by atoms with Crippen LogP contribution in [0.1, 0.15) is 18.1 Å². The summed E-state index contributed by atoms with van der Waals surface area (Å²) in [6.07, 6.45) is 4.39. The molecule has 1 heterocycles. The topological polar surface area (TPSA) is 41.9 Å². The summed E-state index contributed by atoms with van der Waals surface area (Å²) in [4.78, 5) is 0. The van der Waals surface area contributed by atoms with Gasteiger partial charge in [0.05, 0.1) is 18.4 Å². The van der Waals surface area contributed by atoms with Gasteiger partial charge in [-0.05, 0) is 36.3 Å². The summed E-state index contributed by atoms with van der Waals surface area (Å²) in [5, 5.41) is 11.0. The van der Waals surface area contributed by atoms with Crippen molar-refractivity contribution in [3.8, 4) is 0 Å². The quantitative estimate of drug-likeness (QED) is 0.665. The Balaban J connectivity index is 1.63. The number of nitrogens with one attached hydrogen (secondary N) is 2. The average Bonchev–Trinajstić information content (AvgIpc) is 3.04. The van der Waals surface area contributed by atoms with E-state index in [0.717, 1.165) is 17.8 Å². The lowest BCUT2D eigenvalue weighted by molar-refractivity contribution is 0.585. The van der Waals surface area contributed by atoms with Gasteiger partial charge in [-0.3, -0.25) is 4.68 Å². The zero-order valence-corrected chi connectivity index (χ0v) is 14.7. The van der Waals surface area contributed by atoms with Crippen LogP contribution < -0.4 is 10.6 Å². The van der Waals surface area contributed by atoms with Gasteiger partial charge >= 0.3 is 0 Å². The van der Waals surface area contributed by atoms with Gasteiger partial charge in [0.25, 0.3) is 0 Å². The highest BCUT2D eigenvalue weighted by Crippen LogP contribution is 2.16. The molecule has 3 aromatic rings. The summed E-state index contributed by atoms with van der Waals surface area (Å²) in [6, 6.07) is 14.7. The molecule has 0 radical (unpaired) electrons. The van der Waals surface area contributed by atoms with E-state index in [1.165, 1.54) is 11.6 Å². The first-order valence-corrected chi connectivity index (χ1v) is 8.48. The molecule has 2 N–H and O–H groups in total. The van der Waals surface area contributed by atoms with E-state index in [0.29, 0.717) is 17.2 Å². The highest BCUT2D eigenvalue weighted by molar-refractivity contribution is 7.80. The molecule has 0 saturated heterocycles. The Morgan fingerprint density at radius 2 is 1.80 bits per heavy atom. The third-order valence-electron chi connectivity index (χ3n) is 3.83. The van der Waals surface area contributed by atoms with Crippen LogP contribution in [0.3, 0.4) is 0 Å². The van der Waals surface area contributed by atoms with Crippen molar-refractivity contribution in [2.24, 2.45) is 0 Å². The number of aromatic nitrogens is 2. The number of halogens is 1. The number of aryl methyl sites for hydroxylation is 1. The second kappa shape index (κ2) is 7.90. The minimum absolute atomic E-state index is 0.235. The monoisotopic (exact) mass is 354 g/mol. The Morgan fingerprint density at radius 3 is 2.56 bits per heavy atom. The predicted molar refractivity (Wildman–Crippen MR) is 103 cm³/mol. The van der Waals surface area contributed by atoms with Gasteiger partial charge in [-0.25, -0.2) is 4.39 Å². The predicted octanol–water partition coefficient (Wildman–Crippen LogP) is 4.44. The van der Waals surface area contributed by atoms with E-state index >= 15 is 0 Å². The molecule has 2 aromatic carbocycles. The molecule has 0 atom stereocenters. The Kier molecular flexibility index (Phi) is 5.40. The molecular weight excluding hydrogens is 335 g/mol. The molecule has 128 valence electrons. The van der Waals surface area contributed by atoms with Crippen molar-refractivity contribution in [2.75, 3.05) is 10.6 Å². The second-order valence-corrected chi connectivity index (χ2v) is 6.02. The van der Waals surface area contributed by atoms with Crippen LogP contribution in [-0.4, -0.2) is 14.9 Å². The maximum absolute atomic E-state index is 13.7. The lowest BCUT2D eigenvalue weighted by atomic mass is 10.1. The Morgan fingerprint density at radius 1 is 1.08 bits per heavy atom. The minimum atomic E-state index is -0.235. The van der Waals surface area contributed by atoms with Crippen molar-refractivity contribution < 1.29 is 4.39 Å². The molecule has 0 unspecified atom stereocenters. The number of hydrogen-bond donors (Lipinski definition) is 2. The van der Waals surface area contributed by atoms with E-state index in [1.807, 2.05) is 24.3 Å². The standard InChI is InChI=1S/C19H19FN4S/c1-2-14-7-4-6-10-18(14)23-19(25)22-16-11-21-24(13-16)12-15-8-3-5-9-17(15)20/h3-11,13H,2,12H2,1H3,(H2,22,23,25). The van der Waals surface area contributed by atoms with Crippen LogP contribution in [0.25, 0.3) is 0 Å². The Hall–Kier alpha value is -2.73. The fourth-order valence-corrected chi connectivity index (χ4v) is 2.78. The zero-order valence-electron chi connectivity index (χ0n) is 13.9. The van der Waals surface area contributed by atoms with Crippen LogP contribution in [0, 0.1) is 5.82 Å². The first kappa shape index (κ1) is 17.1. The van der Waals surface area contributed by atoms with Gasteiger partial charge in [-0.1, -0.05) is 43.3 Å². The van der Waals surface area contributed by atoms with E-state index in [9.17, 15) is 4.39 Å². The normalized spacial score (nSPS) is 10.5. The van der Waals surface area contributed by atoms with Crippen LogP contribution in [-0.2, 0) is 13.0 Å². The molecule has 0 aliphatic rings. The van der Waals surface area contributed by atoms with Gasteiger partial charge in [0.15, 0.2) is 5.11 Å². The minimum Gasteiger partial charge on any atom is -0.332 e. The zero-order chi connectivity index (χ0) is 17.6. The largest absolute Gasteiger partial charge is 0.332 e. The molecule has 0 fully saturated rings. The fourth-order valence-electron chi connectivity index (χ4n) is 2.55. The van der Waals surface area contributed by atoms with Gasteiger partial charge in [0, 0.05) is 17.4 Å². The van der Waals surface area contributed by atoms with E-state index in [-0.39, 0.29) is 5.82 Å². The lowest BCUT2D eigenvalue weighted by Crippen LogP contribution is -2.19. The van der Waals surface area contributed by atoms with Crippen molar-refractivity contribution in [3.05, 3.63) is 77.9 Å². The molecule has 0 aliphatic carbocycles. The van der Waals surface area contributed by atoms with Gasteiger partial charge in [0.1, 0.15) is 5.82 Å². The summed E-state index contributed by atoms with van der Waals surface area (Å²) in [5.41, 5.74) is 3.53. The summed E-state index contributed by atoms with van der Waals surface area (Å²) in [6.45, 7) is 2.47. The number of thiocarbonyl (C=S) groups is 1. The van der Waals surface area contributed by atoms with Gasteiger partial charge in [-0.2, -0.15) is 5.10 Å². The van der Waals surface area contributed by atoms with E-state index in [4.69, 9.17) is 12.2 Å². The summed E-state index contributed by atoms with van der Waals surface area (Å²) < 4.78 is 15.4. The maximum atomic E-state index is 13.7. The molecule has 0 saturated carbocycles. The number of anilines is 2. The van der Waals surface area contributed by atoms with Crippen molar-refractivity contribution >= 4 is 28.7 Å². The Labute approximate surface area is 151 Å². The third-order valence-corrected chi connectivity index (χ3v) is 4.03. The van der Waals surface area contributed by atoms with Crippen molar-refractivity contribution in [1.29, 1.82) is 0 Å². The molecule has 4 nitrogen and oxygen atoms in total. The summed E-state index contributed by atoms with van der Waals surface area (Å²) in [7, 11) is 0. The molecule has 0 spiro atoms. The number of hydrogen-bond acceptors (Lipinski definition) is 2. The first-order valence-electron chi connectivity index (χ1n) is 8.07. The molecule has 1 aromatic heterocycles. The molecule has 6 heteroatoms. The van der Waals surface area contributed by atoms with E-state index in [1.54, 1.807) is 29.2 Å². The fraction of sp³-hybridized carbons (Fsp3) is 0.158. The SMILES string of the molecule is CCc1ccccc1NC(=S)Nc1cnn(Cc2ccccc2F)c1. The lowest BCUT2D eigenvalue weighted by Gasteiger charge is -2.12. The van der Waals surface area contributed by atoms with Crippen LogP contribution in [0.15, 0.2) is 60.9 Å². The number of rotatable bonds is 5. The van der Waals surface area contributed by atoms with Crippen LogP contribution in [0.4, 0.5) is 15.8 Å². The van der Waals surface area contributed by atoms with Gasteiger partial charge in [-0.15, -0.1) is 0 Å². The number of benzene rings is 2. The first-order chi connectivity index (χ1) is 12.2. The highest BCUT2D eigenvalue weighted by Gasteiger charge is 2.06. The third kappa shape index (κ3) is 4.42. The summed E-state index contributed by atoms with van der Waals surface area (Å²) >= 11 is 5.37. The highest BCUT2D eigenvalue weighted by atomic mass is 32.1. The summed E-state index contributed by atoms with van der Waals surface area (Å²) in [5.74, 6) is -0.235. The number of nitrogens with zero attached hydrogens (tertiary/aromatic N) is 2. The van der Waals surface area contributed by atoms with E-state index in [2.05, 4.69) is 28.7 Å². The molecule has 0 amide bonds. The number of para-hydroxylation sites is 1. The van der Waals surface area contributed by atoms with Gasteiger partial charge < -0.3 is 10.6 Å². The van der Waals surface area contributed by atoms with Crippen LogP contribution in [0.5, 0.6) is 0 Å². The van der Waals surface area contributed by atoms with Crippen molar-refractivity contribution in [2.45, 2.75) is 19.9 Å². The van der Waals surface area contributed by atoms with E-state index < -0.39 is 0 Å². The molecule has 3 rings (SSSR count). The molecular formula is C19H19FN4S.